The molecule has 0 fully saturated rings. The molecule has 3 aromatic carbocycles. The van der Waals surface area contributed by atoms with Crippen LogP contribution in [0.15, 0.2) is 83.8 Å². The monoisotopic (exact) mass is 472 g/mol. The third-order valence-electron chi connectivity index (χ3n) is 6.25. The molecule has 0 heterocycles. The van der Waals surface area contributed by atoms with Crippen LogP contribution in [-0.2, 0) is 12.8 Å². The van der Waals surface area contributed by atoms with Gasteiger partial charge in [0, 0.05) is 4.90 Å². The molecule has 0 aliphatic carbocycles. The second kappa shape index (κ2) is 15.6. The van der Waals surface area contributed by atoms with Gasteiger partial charge in [0.1, 0.15) is 0 Å². The maximum atomic E-state index is 4.05. The van der Waals surface area contributed by atoms with Gasteiger partial charge in [0.25, 0.3) is 0 Å². The summed E-state index contributed by atoms with van der Waals surface area (Å²) in [5.41, 5.74) is 9.66. The summed E-state index contributed by atoms with van der Waals surface area (Å²) < 4.78 is 0. The Bertz CT molecular complexity index is 997. The Kier molecular flexibility index (Phi) is 12.9. The van der Waals surface area contributed by atoms with E-state index in [4.69, 9.17) is 0 Å². The van der Waals surface area contributed by atoms with Crippen molar-refractivity contribution in [3.05, 3.63) is 101 Å². The molecule has 1 heteroatoms. The van der Waals surface area contributed by atoms with Crippen molar-refractivity contribution in [2.24, 2.45) is 0 Å². The highest BCUT2D eigenvalue weighted by atomic mass is 32.2. The Morgan fingerprint density at radius 2 is 1.50 bits per heavy atom. The molecule has 0 atom stereocenters. The van der Waals surface area contributed by atoms with E-state index in [2.05, 4.69) is 107 Å². The predicted molar refractivity (Wildman–Crippen MR) is 155 cm³/mol. The van der Waals surface area contributed by atoms with Crippen molar-refractivity contribution in [2.75, 3.05) is 6.26 Å². The molecule has 3 rings (SSSR count). The minimum atomic E-state index is 1.06. The molecular formula is C33H44S. The summed E-state index contributed by atoms with van der Waals surface area (Å²) in [6, 6.07) is 24.4. The van der Waals surface area contributed by atoms with Gasteiger partial charge < -0.3 is 0 Å². The van der Waals surface area contributed by atoms with Crippen molar-refractivity contribution in [1.82, 2.24) is 0 Å². The number of hydrogen-bond donors (Lipinski definition) is 0. The highest BCUT2D eigenvalue weighted by Gasteiger charge is 2.08. The van der Waals surface area contributed by atoms with Crippen molar-refractivity contribution >= 4 is 11.8 Å². The van der Waals surface area contributed by atoms with Crippen LogP contribution in [0.5, 0.6) is 0 Å². The van der Waals surface area contributed by atoms with Crippen molar-refractivity contribution in [3.63, 3.8) is 0 Å². The van der Waals surface area contributed by atoms with Crippen molar-refractivity contribution in [1.29, 1.82) is 0 Å². The van der Waals surface area contributed by atoms with Gasteiger partial charge >= 0.3 is 0 Å². The standard InChI is InChI=1S/C25H34.C8H10S/c1-5-6-7-8-9-12-22-16-18-24(21(4)19-22)25-14-11-10-13-23(25)17-15-20(2)3;1-7-3-5-8(9-2)6-4-7/h10-11,13-14,16,18-19H,2,5-9,12,15,17H2,1,3-4H3;3-6H,1-2H3. The maximum absolute atomic E-state index is 4.05. The number of hydrogen-bond acceptors (Lipinski definition) is 1. The molecule has 0 aromatic heterocycles. The number of aryl methyl sites for hydroxylation is 4. The summed E-state index contributed by atoms with van der Waals surface area (Å²) in [6.45, 7) is 12.8. The van der Waals surface area contributed by atoms with Crippen LogP contribution in [0, 0.1) is 13.8 Å². The van der Waals surface area contributed by atoms with E-state index in [1.165, 1.54) is 82.4 Å². The second-order valence-electron chi connectivity index (χ2n) is 9.44. The van der Waals surface area contributed by atoms with Crippen LogP contribution in [0.4, 0.5) is 0 Å². The lowest BCUT2D eigenvalue weighted by molar-refractivity contribution is 0.632. The lowest BCUT2D eigenvalue weighted by Crippen LogP contribution is -1.94. The Labute approximate surface area is 213 Å². The van der Waals surface area contributed by atoms with E-state index >= 15 is 0 Å². The van der Waals surface area contributed by atoms with Crippen LogP contribution in [0.1, 0.15) is 74.6 Å². The van der Waals surface area contributed by atoms with Crippen molar-refractivity contribution in [2.45, 2.75) is 84.0 Å². The van der Waals surface area contributed by atoms with E-state index in [1.807, 2.05) is 0 Å². The molecule has 182 valence electrons. The smallest absolute Gasteiger partial charge is 0.00693 e. The molecule has 0 amide bonds. The Balaban J connectivity index is 0.000000379. The molecule has 0 N–H and O–H groups in total. The molecular weight excluding hydrogens is 428 g/mol. The highest BCUT2D eigenvalue weighted by molar-refractivity contribution is 7.98. The summed E-state index contributed by atoms with van der Waals surface area (Å²) in [5.74, 6) is 0. The van der Waals surface area contributed by atoms with Gasteiger partial charge in [-0.3, -0.25) is 0 Å². The van der Waals surface area contributed by atoms with Gasteiger partial charge in [-0.05, 0) is 92.7 Å². The van der Waals surface area contributed by atoms with E-state index < -0.39 is 0 Å². The van der Waals surface area contributed by atoms with Crippen molar-refractivity contribution in [3.8, 4) is 11.1 Å². The first kappa shape index (κ1) is 28.0. The van der Waals surface area contributed by atoms with Crippen LogP contribution in [0.2, 0.25) is 0 Å². The van der Waals surface area contributed by atoms with Gasteiger partial charge in [-0.15, -0.1) is 18.3 Å². The average molecular weight is 473 g/mol. The minimum absolute atomic E-state index is 1.06. The van der Waals surface area contributed by atoms with Crippen LogP contribution >= 0.6 is 11.8 Å². The van der Waals surface area contributed by atoms with Gasteiger partial charge in [-0.2, -0.15) is 0 Å². The first-order chi connectivity index (χ1) is 16.4. The van der Waals surface area contributed by atoms with Gasteiger partial charge in [0.15, 0.2) is 0 Å². The van der Waals surface area contributed by atoms with Gasteiger partial charge in [0.2, 0.25) is 0 Å². The van der Waals surface area contributed by atoms with E-state index in [1.54, 1.807) is 11.8 Å². The quantitative estimate of drug-likeness (QED) is 0.152. The van der Waals surface area contributed by atoms with Crippen LogP contribution in [0.3, 0.4) is 0 Å². The molecule has 3 aromatic rings. The van der Waals surface area contributed by atoms with Gasteiger partial charge in [-0.1, -0.05) is 98.3 Å². The molecule has 0 bridgehead atoms. The Hall–Kier alpha value is -2.25. The zero-order valence-corrected chi connectivity index (χ0v) is 22.9. The minimum Gasteiger partial charge on any atom is -0.130 e. The largest absolute Gasteiger partial charge is 0.130 e. The van der Waals surface area contributed by atoms with Gasteiger partial charge in [0.05, 0.1) is 0 Å². The fraction of sp³-hybridized carbons (Fsp3) is 0.394. The van der Waals surface area contributed by atoms with Crippen LogP contribution in [-0.4, -0.2) is 6.26 Å². The van der Waals surface area contributed by atoms with Crippen LogP contribution < -0.4 is 0 Å². The van der Waals surface area contributed by atoms with E-state index in [0.29, 0.717) is 0 Å². The number of allylic oxidation sites excluding steroid dienone is 1. The lowest BCUT2D eigenvalue weighted by Gasteiger charge is -2.14. The summed E-state index contributed by atoms with van der Waals surface area (Å²) in [6.07, 6.45) is 12.2. The molecule has 0 radical (unpaired) electrons. The van der Waals surface area contributed by atoms with E-state index in [9.17, 15) is 0 Å². The molecule has 0 saturated carbocycles. The highest BCUT2D eigenvalue weighted by Crippen LogP contribution is 2.29. The Morgan fingerprint density at radius 3 is 2.15 bits per heavy atom. The molecule has 0 unspecified atom stereocenters. The third kappa shape index (κ3) is 9.94. The summed E-state index contributed by atoms with van der Waals surface area (Å²) >= 11 is 1.78. The van der Waals surface area contributed by atoms with Gasteiger partial charge in [-0.25, -0.2) is 0 Å². The molecule has 0 spiro atoms. The second-order valence-corrected chi connectivity index (χ2v) is 10.3. The molecule has 0 saturated heterocycles. The average Bonchev–Trinajstić information content (AvgIpc) is 2.84. The normalized spacial score (nSPS) is 10.5. The third-order valence-corrected chi connectivity index (χ3v) is 6.99. The first-order valence-corrected chi connectivity index (χ1v) is 14.1. The molecule has 0 aliphatic rings. The predicted octanol–water partition coefficient (Wildman–Crippen LogP) is 10.4. The lowest BCUT2D eigenvalue weighted by atomic mass is 9.91. The SMILES string of the molecule is C=C(C)CCc1ccccc1-c1ccc(CCCCCCC)cc1C.CSc1ccc(C)cc1. The number of thioether (sulfide) groups is 1. The fourth-order valence-electron chi connectivity index (χ4n) is 4.14. The number of benzene rings is 3. The first-order valence-electron chi connectivity index (χ1n) is 12.9. The summed E-state index contributed by atoms with van der Waals surface area (Å²) in [5, 5.41) is 0. The molecule has 34 heavy (non-hydrogen) atoms. The number of unbranched alkanes of at least 4 members (excludes halogenated alkanes) is 4. The summed E-state index contributed by atoms with van der Waals surface area (Å²) in [4.78, 5) is 1.33. The zero-order chi connectivity index (χ0) is 24.8. The molecule has 0 aliphatic heterocycles. The van der Waals surface area contributed by atoms with Crippen LogP contribution in [0.25, 0.3) is 11.1 Å². The number of rotatable bonds is 11. The van der Waals surface area contributed by atoms with Crippen molar-refractivity contribution < 1.29 is 0 Å². The fourth-order valence-corrected chi connectivity index (χ4v) is 4.55. The zero-order valence-electron chi connectivity index (χ0n) is 22.1. The maximum Gasteiger partial charge on any atom is 0.00693 e. The summed E-state index contributed by atoms with van der Waals surface area (Å²) in [7, 11) is 0. The Morgan fingerprint density at radius 1 is 0.794 bits per heavy atom. The molecule has 0 nitrogen and oxygen atoms in total. The topological polar surface area (TPSA) is 0 Å². The van der Waals surface area contributed by atoms with E-state index in [0.717, 1.165) is 12.8 Å². The van der Waals surface area contributed by atoms with E-state index in [-0.39, 0.29) is 0 Å².